The fraction of sp³-hybridized carbons (Fsp3) is 0.333. The van der Waals surface area contributed by atoms with Gasteiger partial charge < -0.3 is 10.6 Å². The van der Waals surface area contributed by atoms with E-state index in [-0.39, 0.29) is 0 Å². The Labute approximate surface area is 123 Å². The lowest BCUT2D eigenvalue weighted by molar-refractivity contribution is 0.710. The van der Waals surface area contributed by atoms with Crippen molar-refractivity contribution in [1.29, 1.82) is 0 Å². The maximum absolute atomic E-state index is 5.96. The van der Waals surface area contributed by atoms with Crippen LogP contribution >= 0.6 is 11.6 Å². The molecule has 1 aromatic heterocycles. The molecular weight excluding hydrogens is 272 g/mol. The van der Waals surface area contributed by atoms with Gasteiger partial charge in [0.05, 0.1) is 17.9 Å². The Morgan fingerprint density at radius 2 is 2.05 bits per heavy atom. The molecule has 1 atom stereocenters. The SMILES string of the molecule is Cc1ncc(N2CCCC2c2ccc(Cl)cc2)nc1N. The molecule has 2 aromatic rings. The first-order chi connectivity index (χ1) is 9.65. The molecule has 5 heteroatoms. The second-order valence-corrected chi connectivity index (χ2v) is 5.54. The molecule has 0 bridgehead atoms. The minimum absolute atomic E-state index is 0.323. The number of rotatable bonds is 2. The molecule has 4 nitrogen and oxygen atoms in total. The number of aromatic nitrogens is 2. The maximum Gasteiger partial charge on any atom is 0.150 e. The van der Waals surface area contributed by atoms with E-state index in [0.29, 0.717) is 11.9 Å². The van der Waals surface area contributed by atoms with Gasteiger partial charge in [0.2, 0.25) is 0 Å². The van der Waals surface area contributed by atoms with Crippen molar-refractivity contribution in [2.75, 3.05) is 17.2 Å². The van der Waals surface area contributed by atoms with Gasteiger partial charge in [-0.25, -0.2) is 4.98 Å². The summed E-state index contributed by atoms with van der Waals surface area (Å²) in [4.78, 5) is 11.0. The third-order valence-corrected chi connectivity index (χ3v) is 4.03. The van der Waals surface area contributed by atoms with Crippen molar-refractivity contribution in [3.63, 3.8) is 0 Å². The molecule has 2 N–H and O–H groups in total. The van der Waals surface area contributed by atoms with Crippen LogP contribution in [0.1, 0.15) is 30.1 Å². The molecule has 3 rings (SSSR count). The van der Waals surface area contributed by atoms with Crippen LogP contribution in [-0.2, 0) is 0 Å². The molecule has 0 saturated carbocycles. The van der Waals surface area contributed by atoms with Gasteiger partial charge in [0.15, 0.2) is 0 Å². The van der Waals surface area contributed by atoms with Crippen molar-refractivity contribution in [3.8, 4) is 0 Å². The fourth-order valence-electron chi connectivity index (χ4n) is 2.66. The normalized spacial score (nSPS) is 18.5. The van der Waals surface area contributed by atoms with Gasteiger partial charge in [0.25, 0.3) is 0 Å². The van der Waals surface area contributed by atoms with Gasteiger partial charge in [0, 0.05) is 11.6 Å². The fourth-order valence-corrected chi connectivity index (χ4v) is 2.79. The molecular formula is C15H17ClN4. The van der Waals surface area contributed by atoms with Crippen LogP contribution in [0, 0.1) is 6.92 Å². The van der Waals surface area contributed by atoms with E-state index in [0.717, 1.165) is 35.9 Å². The van der Waals surface area contributed by atoms with E-state index in [1.54, 1.807) is 6.20 Å². The first-order valence-electron chi connectivity index (χ1n) is 6.76. The number of nitrogens with zero attached hydrogens (tertiary/aromatic N) is 3. The number of benzene rings is 1. The summed E-state index contributed by atoms with van der Waals surface area (Å²) < 4.78 is 0. The number of halogens is 1. The standard InChI is InChI=1S/C15H17ClN4/c1-10-15(17)19-14(9-18-10)20-8-2-3-13(20)11-4-6-12(16)7-5-11/h4-7,9,13H,2-3,8H2,1H3,(H2,17,19). The molecule has 0 aliphatic carbocycles. The van der Waals surface area contributed by atoms with Crippen molar-refractivity contribution in [3.05, 3.63) is 46.7 Å². The predicted octanol–water partition coefficient (Wildman–Crippen LogP) is 3.36. The van der Waals surface area contributed by atoms with Crippen molar-refractivity contribution < 1.29 is 0 Å². The Morgan fingerprint density at radius 1 is 1.30 bits per heavy atom. The van der Waals surface area contributed by atoms with E-state index in [4.69, 9.17) is 17.3 Å². The molecule has 20 heavy (non-hydrogen) atoms. The van der Waals surface area contributed by atoms with Crippen LogP contribution < -0.4 is 10.6 Å². The molecule has 2 heterocycles. The van der Waals surface area contributed by atoms with Crippen LogP contribution in [0.15, 0.2) is 30.5 Å². The van der Waals surface area contributed by atoms with E-state index in [9.17, 15) is 0 Å². The lowest BCUT2D eigenvalue weighted by Crippen LogP contribution is -2.24. The highest BCUT2D eigenvalue weighted by Crippen LogP contribution is 2.35. The minimum atomic E-state index is 0.323. The van der Waals surface area contributed by atoms with Crippen molar-refractivity contribution >= 4 is 23.2 Å². The van der Waals surface area contributed by atoms with Gasteiger partial charge in [-0.3, -0.25) is 4.98 Å². The lowest BCUT2D eigenvalue weighted by Gasteiger charge is -2.26. The Kier molecular flexibility index (Phi) is 3.49. The summed E-state index contributed by atoms with van der Waals surface area (Å²) in [5, 5.41) is 0.762. The smallest absolute Gasteiger partial charge is 0.150 e. The van der Waals surface area contributed by atoms with E-state index < -0.39 is 0 Å². The van der Waals surface area contributed by atoms with Gasteiger partial charge in [0.1, 0.15) is 11.6 Å². The largest absolute Gasteiger partial charge is 0.382 e. The first-order valence-corrected chi connectivity index (χ1v) is 7.14. The molecule has 104 valence electrons. The molecule has 1 aliphatic heterocycles. The van der Waals surface area contributed by atoms with Crippen molar-refractivity contribution in [2.24, 2.45) is 0 Å². The second kappa shape index (κ2) is 5.29. The topological polar surface area (TPSA) is 55.0 Å². The average Bonchev–Trinajstić information content (AvgIpc) is 2.92. The highest BCUT2D eigenvalue weighted by atomic mass is 35.5. The van der Waals surface area contributed by atoms with E-state index >= 15 is 0 Å². The summed E-state index contributed by atoms with van der Waals surface area (Å²) in [5.74, 6) is 1.36. The summed E-state index contributed by atoms with van der Waals surface area (Å²) >= 11 is 5.96. The highest BCUT2D eigenvalue weighted by molar-refractivity contribution is 6.30. The number of hydrogen-bond donors (Lipinski definition) is 1. The number of aryl methyl sites for hydroxylation is 1. The zero-order chi connectivity index (χ0) is 14.1. The third kappa shape index (κ3) is 2.43. The van der Waals surface area contributed by atoms with Crippen LogP contribution in [0.5, 0.6) is 0 Å². The van der Waals surface area contributed by atoms with Crippen LogP contribution in [0.25, 0.3) is 0 Å². The molecule has 1 unspecified atom stereocenters. The summed E-state index contributed by atoms with van der Waals surface area (Å²) in [5.41, 5.74) is 7.91. The van der Waals surface area contributed by atoms with Gasteiger partial charge in [-0.2, -0.15) is 0 Å². The molecule has 1 aromatic carbocycles. The molecule has 1 fully saturated rings. The zero-order valence-electron chi connectivity index (χ0n) is 11.4. The summed E-state index contributed by atoms with van der Waals surface area (Å²) in [6, 6.07) is 8.35. The Hall–Kier alpha value is -1.81. The van der Waals surface area contributed by atoms with Crippen molar-refractivity contribution in [1.82, 2.24) is 9.97 Å². The third-order valence-electron chi connectivity index (χ3n) is 3.78. The summed E-state index contributed by atoms with van der Waals surface area (Å²) in [7, 11) is 0. The zero-order valence-corrected chi connectivity index (χ0v) is 12.1. The summed E-state index contributed by atoms with van der Waals surface area (Å²) in [6.45, 7) is 2.84. The predicted molar refractivity (Wildman–Crippen MR) is 82.0 cm³/mol. The van der Waals surface area contributed by atoms with Gasteiger partial charge >= 0.3 is 0 Å². The molecule has 1 aliphatic rings. The van der Waals surface area contributed by atoms with Gasteiger partial charge in [-0.15, -0.1) is 0 Å². The van der Waals surface area contributed by atoms with Crippen LogP contribution in [0.2, 0.25) is 5.02 Å². The van der Waals surface area contributed by atoms with E-state index in [1.807, 2.05) is 19.1 Å². The minimum Gasteiger partial charge on any atom is -0.382 e. The number of nitrogens with two attached hydrogens (primary N) is 1. The molecule has 0 radical (unpaired) electrons. The van der Waals surface area contributed by atoms with E-state index in [1.165, 1.54) is 5.56 Å². The average molecular weight is 289 g/mol. The first kappa shape index (κ1) is 13.2. The van der Waals surface area contributed by atoms with Crippen LogP contribution in [-0.4, -0.2) is 16.5 Å². The van der Waals surface area contributed by atoms with Crippen LogP contribution in [0.3, 0.4) is 0 Å². The number of hydrogen-bond acceptors (Lipinski definition) is 4. The lowest BCUT2D eigenvalue weighted by atomic mass is 10.0. The molecule has 1 saturated heterocycles. The summed E-state index contributed by atoms with van der Waals surface area (Å²) in [6.07, 6.45) is 4.06. The van der Waals surface area contributed by atoms with E-state index in [2.05, 4.69) is 27.0 Å². The quantitative estimate of drug-likeness (QED) is 0.920. The van der Waals surface area contributed by atoms with Crippen molar-refractivity contribution in [2.45, 2.75) is 25.8 Å². The van der Waals surface area contributed by atoms with Gasteiger partial charge in [-0.05, 0) is 37.5 Å². The second-order valence-electron chi connectivity index (χ2n) is 5.10. The molecule has 0 spiro atoms. The van der Waals surface area contributed by atoms with Gasteiger partial charge in [-0.1, -0.05) is 23.7 Å². The Bertz CT molecular complexity index is 612. The molecule has 0 amide bonds. The monoisotopic (exact) mass is 288 g/mol. The number of anilines is 2. The Morgan fingerprint density at radius 3 is 2.75 bits per heavy atom. The number of nitrogen functional groups attached to an aromatic ring is 1. The highest BCUT2D eigenvalue weighted by Gasteiger charge is 2.27. The Balaban J connectivity index is 1.92. The maximum atomic E-state index is 5.96. The van der Waals surface area contributed by atoms with Crippen LogP contribution in [0.4, 0.5) is 11.6 Å².